The van der Waals surface area contributed by atoms with Gasteiger partial charge < -0.3 is 9.64 Å². The third-order valence-corrected chi connectivity index (χ3v) is 4.72. The van der Waals surface area contributed by atoms with Crippen molar-refractivity contribution in [2.45, 2.75) is 19.5 Å². The zero-order chi connectivity index (χ0) is 17.2. The molecule has 2 aliphatic heterocycles. The molecular formula is C18H20F2N4O. The predicted molar refractivity (Wildman–Crippen MR) is 89.2 cm³/mol. The SMILES string of the molecule is Fc1cccc(CN2CCc3nc(N4CCOCC4)ncc3C2)c1F. The van der Waals surface area contributed by atoms with Crippen molar-refractivity contribution in [1.29, 1.82) is 0 Å². The number of nitrogens with zero attached hydrogens (tertiary/aromatic N) is 4. The van der Waals surface area contributed by atoms with Crippen LogP contribution in [0.4, 0.5) is 14.7 Å². The van der Waals surface area contributed by atoms with Gasteiger partial charge in [0.05, 0.1) is 18.9 Å². The number of benzene rings is 1. The first-order valence-electron chi connectivity index (χ1n) is 8.53. The molecule has 1 aromatic carbocycles. The van der Waals surface area contributed by atoms with Gasteiger partial charge in [-0.3, -0.25) is 4.90 Å². The third kappa shape index (κ3) is 3.48. The average molecular weight is 346 g/mol. The van der Waals surface area contributed by atoms with E-state index in [1.54, 1.807) is 12.1 Å². The van der Waals surface area contributed by atoms with Gasteiger partial charge in [0, 0.05) is 56.5 Å². The molecule has 132 valence electrons. The second-order valence-corrected chi connectivity index (χ2v) is 6.41. The van der Waals surface area contributed by atoms with E-state index in [0.717, 1.165) is 49.3 Å². The van der Waals surface area contributed by atoms with Gasteiger partial charge in [-0.25, -0.2) is 18.7 Å². The Morgan fingerprint density at radius 1 is 1.12 bits per heavy atom. The number of aromatic nitrogens is 2. The van der Waals surface area contributed by atoms with Crippen LogP contribution in [0.15, 0.2) is 24.4 Å². The lowest BCUT2D eigenvalue weighted by Crippen LogP contribution is -2.38. The van der Waals surface area contributed by atoms with E-state index in [-0.39, 0.29) is 0 Å². The van der Waals surface area contributed by atoms with E-state index in [4.69, 9.17) is 9.72 Å². The minimum Gasteiger partial charge on any atom is -0.378 e. The Hall–Kier alpha value is -2.12. The van der Waals surface area contributed by atoms with E-state index in [0.29, 0.717) is 31.9 Å². The molecule has 0 radical (unpaired) electrons. The average Bonchev–Trinajstić information content (AvgIpc) is 2.66. The van der Waals surface area contributed by atoms with E-state index in [2.05, 4.69) is 14.8 Å². The highest BCUT2D eigenvalue weighted by atomic mass is 19.2. The molecule has 3 heterocycles. The van der Waals surface area contributed by atoms with Gasteiger partial charge in [-0.05, 0) is 6.07 Å². The molecule has 25 heavy (non-hydrogen) atoms. The summed E-state index contributed by atoms with van der Waals surface area (Å²) in [5.74, 6) is -0.799. The Balaban J connectivity index is 1.47. The normalized spacial score (nSPS) is 18.2. The van der Waals surface area contributed by atoms with Crippen LogP contribution in [0.3, 0.4) is 0 Å². The number of anilines is 1. The summed E-state index contributed by atoms with van der Waals surface area (Å²) in [5, 5.41) is 0. The first kappa shape index (κ1) is 16.4. The molecule has 1 aromatic heterocycles. The summed E-state index contributed by atoms with van der Waals surface area (Å²) >= 11 is 0. The minimum atomic E-state index is -0.798. The van der Waals surface area contributed by atoms with Crippen molar-refractivity contribution in [3.05, 3.63) is 52.9 Å². The smallest absolute Gasteiger partial charge is 0.225 e. The standard InChI is InChI=1S/C18H20F2N4O/c19-15-3-1-2-13(17(15)20)11-23-5-4-16-14(12-23)10-21-18(22-16)24-6-8-25-9-7-24/h1-3,10H,4-9,11-12H2. The topological polar surface area (TPSA) is 41.5 Å². The Kier molecular flexibility index (Phi) is 4.59. The Bertz CT molecular complexity index is 765. The fraction of sp³-hybridized carbons (Fsp3) is 0.444. The molecule has 1 fully saturated rings. The summed E-state index contributed by atoms with van der Waals surface area (Å²) < 4.78 is 32.6. The Morgan fingerprint density at radius 2 is 1.96 bits per heavy atom. The molecule has 5 nitrogen and oxygen atoms in total. The lowest BCUT2D eigenvalue weighted by atomic mass is 10.1. The molecule has 4 rings (SSSR count). The largest absolute Gasteiger partial charge is 0.378 e. The van der Waals surface area contributed by atoms with Crippen LogP contribution >= 0.6 is 0 Å². The van der Waals surface area contributed by atoms with Gasteiger partial charge in [-0.15, -0.1) is 0 Å². The zero-order valence-electron chi connectivity index (χ0n) is 13.9. The maximum Gasteiger partial charge on any atom is 0.225 e. The van der Waals surface area contributed by atoms with Gasteiger partial charge >= 0.3 is 0 Å². The highest BCUT2D eigenvalue weighted by molar-refractivity contribution is 5.34. The second-order valence-electron chi connectivity index (χ2n) is 6.41. The Labute approximate surface area is 145 Å². The lowest BCUT2D eigenvalue weighted by molar-refractivity contribution is 0.122. The number of ether oxygens (including phenoxy) is 1. The molecule has 0 N–H and O–H groups in total. The number of hydrogen-bond acceptors (Lipinski definition) is 5. The van der Waals surface area contributed by atoms with Gasteiger partial charge in [0.2, 0.25) is 5.95 Å². The molecule has 7 heteroatoms. The third-order valence-electron chi connectivity index (χ3n) is 4.72. The van der Waals surface area contributed by atoms with Crippen LogP contribution in [0.25, 0.3) is 0 Å². The maximum atomic E-state index is 13.9. The maximum absolute atomic E-state index is 13.9. The molecule has 0 aliphatic carbocycles. The highest BCUT2D eigenvalue weighted by Crippen LogP contribution is 2.22. The summed E-state index contributed by atoms with van der Waals surface area (Å²) in [6.07, 6.45) is 2.65. The first-order valence-corrected chi connectivity index (χ1v) is 8.53. The van der Waals surface area contributed by atoms with Crippen molar-refractivity contribution >= 4 is 5.95 Å². The van der Waals surface area contributed by atoms with Crippen LogP contribution < -0.4 is 4.90 Å². The monoisotopic (exact) mass is 346 g/mol. The summed E-state index contributed by atoms with van der Waals surface area (Å²) in [4.78, 5) is 13.4. The molecule has 1 saturated heterocycles. The van der Waals surface area contributed by atoms with Crippen molar-refractivity contribution in [3.63, 3.8) is 0 Å². The molecule has 0 bridgehead atoms. The molecule has 0 saturated carbocycles. The van der Waals surface area contributed by atoms with E-state index < -0.39 is 11.6 Å². The van der Waals surface area contributed by atoms with Gasteiger partial charge in [0.1, 0.15) is 0 Å². The molecule has 0 atom stereocenters. The molecule has 0 spiro atoms. The van der Waals surface area contributed by atoms with Gasteiger partial charge in [0.15, 0.2) is 11.6 Å². The van der Waals surface area contributed by atoms with Crippen molar-refractivity contribution in [3.8, 4) is 0 Å². The molecule has 0 unspecified atom stereocenters. The van der Waals surface area contributed by atoms with Gasteiger partial charge in [0.25, 0.3) is 0 Å². The summed E-state index contributed by atoms with van der Waals surface area (Å²) in [6, 6.07) is 4.32. The van der Waals surface area contributed by atoms with Crippen molar-refractivity contribution < 1.29 is 13.5 Å². The second kappa shape index (κ2) is 7.01. The zero-order valence-corrected chi connectivity index (χ0v) is 13.9. The van der Waals surface area contributed by atoms with E-state index in [1.165, 1.54) is 0 Å². The van der Waals surface area contributed by atoms with E-state index >= 15 is 0 Å². The molecule has 2 aromatic rings. The fourth-order valence-electron chi connectivity index (χ4n) is 3.33. The summed E-state index contributed by atoms with van der Waals surface area (Å²) in [6.45, 7) is 4.82. The summed E-state index contributed by atoms with van der Waals surface area (Å²) in [7, 11) is 0. The van der Waals surface area contributed by atoms with Crippen molar-refractivity contribution in [2.24, 2.45) is 0 Å². The number of rotatable bonds is 3. The number of hydrogen-bond donors (Lipinski definition) is 0. The first-order chi connectivity index (χ1) is 12.2. The number of halogens is 2. The summed E-state index contributed by atoms with van der Waals surface area (Å²) in [5.41, 5.74) is 2.49. The fourth-order valence-corrected chi connectivity index (χ4v) is 3.33. The van der Waals surface area contributed by atoms with Crippen LogP contribution in [0.5, 0.6) is 0 Å². The highest BCUT2D eigenvalue weighted by Gasteiger charge is 2.22. The van der Waals surface area contributed by atoms with Crippen LogP contribution in [0, 0.1) is 11.6 Å². The van der Waals surface area contributed by atoms with Crippen LogP contribution in [-0.4, -0.2) is 47.7 Å². The lowest BCUT2D eigenvalue weighted by Gasteiger charge is -2.30. The van der Waals surface area contributed by atoms with Gasteiger partial charge in [-0.1, -0.05) is 12.1 Å². The minimum absolute atomic E-state index is 0.383. The van der Waals surface area contributed by atoms with E-state index in [1.807, 2.05) is 6.20 Å². The van der Waals surface area contributed by atoms with E-state index in [9.17, 15) is 8.78 Å². The Morgan fingerprint density at radius 3 is 2.80 bits per heavy atom. The molecular weight excluding hydrogens is 326 g/mol. The van der Waals surface area contributed by atoms with Gasteiger partial charge in [-0.2, -0.15) is 0 Å². The predicted octanol–water partition coefficient (Wildman–Crippen LogP) is 2.15. The van der Waals surface area contributed by atoms with Crippen molar-refractivity contribution in [2.75, 3.05) is 37.7 Å². The van der Waals surface area contributed by atoms with Crippen LogP contribution in [0.2, 0.25) is 0 Å². The molecule has 2 aliphatic rings. The van der Waals surface area contributed by atoms with Crippen molar-refractivity contribution in [1.82, 2.24) is 14.9 Å². The quantitative estimate of drug-likeness (QED) is 0.852. The number of fused-ring (bicyclic) bond motifs is 1. The molecule has 0 amide bonds. The number of morpholine rings is 1. The van der Waals surface area contributed by atoms with Crippen LogP contribution in [-0.2, 0) is 24.2 Å². The van der Waals surface area contributed by atoms with Crippen LogP contribution in [0.1, 0.15) is 16.8 Å².